The summed E-state index contributed by atoms with van der Waals surface area (Å²) in [6.45, 7) is 9.87. The first kappa shape index (κ1) is 21.7. The Balaban J connectivity index is 1.67. The van der Waals surface area contributed by atoms with E-state index in [0.29, 0.717) is 19.8 Å². The molecule has 1 aromatic heterocycles. The third-order valence-electron chi connectivity index (χ3n) is 5.49. The van der Waals surface area contributed by atoms with Gasteiger partial charge in [-0.1, -0.05) is 12.1 Å². The molecule has 2 N–H and O–H groups in total. The molecule has 0 saturated carbocycles. The third kappa shape index (κ3) is 5.76. The number of rotatable bonds is 7. The molecule has 0 atom stereocenters. The van der Waals surface area contributed by atoms with Crippen LogP contribution in [0.25, 0.3) is 0 Å². The molecule has 2 aromatic rings. The number of aliphatic imine (C=N–C) groups is 1. The number of hydrogen-bond acceptors (Lipinski definition) is 4. The molecule has 1 saturated heterocycles. The normalized spacial score (nSPS) is 16.6. The molecule has 7 heteroatoms. The lowest BCUT2D eigenvalue weighted by Crippen LogP contribution is -2.41. The number of aromatic nitrogens is 1. The fourth-order valence-corrected chi connectivity index (χ4v) is 4.54. The summed E-state index contributed by atoms with van der Waals surface area (Å²) in [5, 5.41) is 7.91. The number of hydrogen-bond donors (Lipinski definition) is 2. The maximum atomic E-state index is 13.4. The second-order valence-electron chi connectivity index (χ2n) is 7.52. The lowest BCUT2D eigenvalue weighted by molar-refractivity contribution is 0.0531. The smallest absolute Gasteiger partial charge is 0.191 e. The number of guanidine groups is 1. The molecule has 1 aromatic carbocycles. The van der Waals surface area contributed by atoms with Crippen molar-refractivity contribution in [2.75, 3.05) is 32.8 Å². The summed E-state index contributed by atoms with van der Waals surface area (Å²) in [5.41, 5.74) is 2.14. The van der Waals surface area contributed by atoms with Crippen molar-refractivity contribution in [3.63, 3.8) is 0 Å². The van der Waals surface area contributed by atoms with Crippen molar-refractivity contribution in [1.29, 1.82) is 0 Å². The van der Waals surface area contributed by atoms with Crippen molar-refractivity contribution >= 4 is 17.3 Å². The van der Waals surface area contributed by atoms with Crippen molar-refractivity contribution in [2.24, 2.45) is 4.99 Å². The average molecular weight is 419 g/mol. The average Bonchev–Trinajstić information content (AvgIpc) is 3.04. The SMILES string of the molecule is CCNC(=NCC1(c2ccc(F)cc2)CCOCC1)NCCc1nc(C)c(C)s1. The largest absolute Gasteiger partial charge is 0.381 e. The van der Waals surface area contributed by atoms with Gasteiger partial charge in [-0.2, -0.15) is 0 Å². The van der Waals surface area contributed by atoms with E-state index in [1.165, 1.54) is 17.0 Å². The molecule has 0 amide bonds. The molecule has 0 bridgehead atoms. The summed E-state index contributed by atoms with van der Waals surface area (Å²) < 4.78 is 19.0. The van der Waals surface area contributed by atoms with E-state index in [9.17, 15) is 4.39 Å². The molecule has 2 heterocycles. The Labute approximate surface area is 176 Å². The van der Waals surface area contributed by atoms with Gasteiger partial charge in [0.05, 0.1) is 17.2 Å². The topological polar surface area (TPSA) is 58.5 Å². The van der Waals surface area contributed by atoms with Crippen molar-refractivity contribution in [3.8, 4) is 0 Å². The number of benzene rings is 1. The number of ether oxygens (including phenoxy) is 1. The molecule has 1 aliphatic rings. The van der Waals surface area contributed by atoms with E-state index in [4.69, 9.17) is 9.73 Å². The summed E-state index contributed by atoms with van der Waals surface area (Å²) in [5.74, 6) is 0.604. The van der Waals surface area contributed by atoms with Gasteiger partial charge in [0.25, 0.3) is 0 Å². The number of aryl methyl sites for hydroxylation is 2. The summed E-state index contributed by atoms with van der Waals surface area (Å²) in [4.78, 5) is 10.8. The lowest BCUT2D eigenvalue weighted by Gasteiger charge is -2.36. The first-order valence-corrected chi connectivity index (χ1v) is 11.1. The highest BCUT2D eigenvalue weighted by Gasteiger charge is 2.34. The zero-order valence-corrected chi connectivity index (χ0v) is 18.4. The molecule has 0 radical (unpaired) electrons. The Morgan fingerprint density at radius 3 is 2.55 bits per heavy atom. The highest BCUT2D eigenvalue weighted by atomic mass is 32.1. The maximum absolute atomic E-state index is 13.4. The Bertz CT molecular complexity index is 793. The molecule has 1 aliphatic heterocycles. The van der Waals surface area contributed by atoms with Crippen molar-refractivity contribution in [2.45, 2.75) is 45.4 Å². The lowest BCUT2D eigenvalue weighted by atomic mass is 9.74. The molecular weight excluding hydrogens is 387 g/mol. The highest BCUT2D eigenvalue weighted by molar-refractivity contribution is 7.11. The number of nitrogens with one attached hydrogen (secondary N) is 2. The van der Waals surface area contributed by atoms with Crippen LogP contribution >= 0.6 is 11.3 Å². The molecule has 0 spiro atoms. The second-order valence-corrected chi connectivity index (χ2v) is 8.81. The van der Waals surface area contributed by atoms with Gasteiger partial charge in [0, 0.05) is 43.0 Å². The van der Waals surface area contributed by atoms with Crippen LogP contribution in [0.3, 0.4) is 0 Å². The van der Waals surface area contributed by atoms with Gasteiger partial charge in [0.1, 0.15) is 5.82 Å². The van der Waals surface area contributed by atoms with Crippen LogP contribution in [0.1, 0.15) is 40.9 Å². The molecule has 29 heavy (non-hydrogen) atoms. The number of nitrogens with zero attached hydrogens (tertiary/aromatic N) is 2. The standard InChI is InChI=1S/C22H31FN4OS/c1-4-24-21(25-12-9-20-27-16(2)17(3)29-20)26-15-22(10-13-28-14-11-22)18-5-7-19(23)8-6-18/h5-8H,4,9-15H2,1-3H3,(H2,24,25,26). The first-order chi connectivity index (χ1) is 14.0. The fourth-order valence-electron chi connectivity index (χ4n) is 3.61. The van der Waals surface area contributed by atoms with Gasteiger partial charge in [0.15, 0.2) is 5.96 Å². The fraction of sp³-hybridized carbons (Fsp3) is 0.545. The zero-order valence-electron chi connectivity index (χ0n) is 17.6. The van der Waals surface area contributed by atoms with E-state index in [0.717, 1.165) is 54.6 Å². The molecule has 5 nitrogen and oxygen atoms in total. The van der Waals surface area contributed by atoms with Crippen molar-refractivity contribution in [3.05, 3.63) is 51.2 Å². The van der Waals surface area contributed by atoms with E-state index in [1.54, 1.807) is 11.3 Å². The van der Waals surface area contributed by atoms with Gasteiger partial charge in [-0.25, -0.2) is 9.37 Å². The van der Waals surface area contributed by atoms with Gasteiger partial charge in [-0.3, -0.25) is 4.99 Å². The predicted octanol–water partition coefficient (Wildman–Crippen LogP) is 3.75. The van der Waals surface area contributed by atoms with E-state index >= 15 is 0 Å². The monoisotopic (exact) mass is 418 g/mol. The Morgan fingerprint density at radius 1 is 1.21 bits per heavy atom. The molecular formula is C22H31FN4OS. The molecule has 0 aliphatic carbocycles. The molecule has 3 rings (SSSR count). The Morgan fingerprint density at radius 2 is 1.93 bits per heavy atom. The summed E-state index contributed by atoms with van der Waals surface area (Å²) in [6, 6.07) is 6.86. The maximum Gasteiger partial charge on any atom is 0.191 e. The number of halogens is 1. The highest BCUT2D eigenvalue weighted by Crippen LogP contribution is 2.35. The van der Waals surface area contributed by atoms with E-state index in [1.807, 2.05) is 12.1 Å². The Hall–Kier alpha value is -1.99. The van der Waals surface area contributed by atoms with Crippen LogP contribution < -0.4 is 10.6 Å². The third-order valence-corrected chi connectivity index (χ3v) is 6.63. The van der Waals surface area contributed by atoms with Crippen LogP contribution in [-0.2, 0) is 16.6 Å². The number of thiazole rings is 1. The van der Waals surface area contributed by atoms with Gasteiger partial charge in [-0.15, -0.1) is 11.3 Å². The van der Waals surface area contributed by atoms with E-state index < -0.39 is 0 Å². The van der Waals surface area contributed by atoms with E-state index in [2.05, 4.69) is 36.4 Å². The van der Waals surface area contributed by atoms with Crippen LogP contribution in [0.4, 0.5) is 4.39 Å². The van der Waals surface area contributed by atoms with Gasteiger partial charge < -0.3 is 15.4 Å². The van der Waals surface area contributed by atoms with E-state index in [-0.39, 0.29) is 11.2 Å². The molecule has 0 unspecified atom stereocenters. The summed E-state index contributed by atoms with van der Waals surface area (Å²) in [7, 11) is 0. The van der Waals surface area contributed by atoms with Crippen LogP contribution in [0, 0.1) is 19.7 Å². The second kappa shape index (κ2) is 10.2. The van der Waals surface area contributed by atoms with Crippen LogP contribution in [-0.4, -0.2) is 43.8 Å². The van der Waals surface area contributed by atoms with Crippen LogP contribution in [0.2, 0.25) is 0 Å². The molecule has 1 fully saturated rings. The Kier molecular flexibility index (Phi) is 7.61. The molecule has 158 valence electrons. The minimum atomic E-state index is -0.206. The van der Waals surface area contributed by atoms with Crippen molar-refractivity contribution < 1.29 is 9.13 Å². The minimum absolute atomic E-state index is 0.113. The van der Waals surface area contributed by atoms with Gasteiger partial charge in [-0.05, 0) is 51.3 Å². The van der Waals surface area contributed by atoms with Crippen molar-refractivity contribution in [1.82, 2.24) is 15.6 Å². The van der Waals surface area contributed by atoms with Crippen LogP contribution in [0.5, 0.6) is 0 Å². The summed E-state index contributed by atoms with van der Waals surface area (Å²) >= 11 is 1.76. The zero-order chi connectivity index (χ0) is 20.7. The minimum Gasteiger partial charge on any atom is -0.381 e. The van der Waals surface area contributed by atoms with Gasteiger partial charge in [0.2, 0.25) is 0 Å². The van der Waals surface area contributed by atoms with Gasteiger partial charge >= 0.3 is 0 Å². The predicted molar refractivity (Wildman–Crippen MR) is 117 cm³/mol. The van der Waals surface area contributed by atoms with Crippen LogP contribution in [0.15, 0.2) is 29.3 Å². The summed E-state index contributed by atoms with van der Waals surface area (Å²) in [6.07, 6.45) is 2.65. The quantitative estimate of drug-likeness (QED) is 0.531. The first-order valence-electron chi connectivity index (χ1n) is 10.3.